The number of sulfone groups is 1. The molecule has 2 aromatic rings. The van der Waals surface area contributed by atoms with E-state index >= 15 is 0 Å². The Bertz CT molecular complexity index is 1050. The van der Waals surface area contributed by atoms with Crippen LogP contribution >= 0.6 is 23.4 Å². The number of carbonyl (C=O) groups is 2. The summed E-state index contributed by atoms with van der Waals surface area (Å²) in [6.45, 7) is 0. The monoisotopic (exact) mass is 437 g/mol. The second-order valence-corrected chi connectivity index (χ2v) is 9.06. The number of rotatable bonds is 7. The van der Waals surface area contributed by atoms with Gasteiger partial charge in [0.25, 0.3) is 5.91 Å². The lowest BCUT2D eigenvalue weighted by Crippen LogP contribution is -2.15. The van der Waals surface area contributed by atoms with E-state index in [0.717, 1.165) is 6.26 Å². The van der Waals surface area contributed by atoms with Crippen LogP contribution in [0.25, 0.3) is 0 Å². The van der Waals surface area contributed by atoms with Crippen LogP contribution in [0.1, 0.15) is 10.4 Å². The van der Waals surface area contributed by atoms with Crippen molar-refractivity contribution in [3.8, 4) is 6.07 Å². The first kappa shape index (κ1) is 21.8. The first-order chi connectivity index (χ1) is 13.2. The van der Waals surface area contributed by atoms with Gasteiger partial charge in [-0.15, -0.1) is 11.8 Å². The molecule has 0 heterocycles. The van der Waals surface area contributed by atoms with E-state index in [-0.39, 0.29) is 32.9 Å². The average Bonchev–Trinajstić information content (AvgIpc) is 2.63. The van der Waals surface area contributed by atoms with E-state index in [1.807, 2.05) is 6.07 Å². The number of thioether (sulfide) groups is 1. The molecule has 0 saturated heterocycles. The fourth-order valence-corrected chi connectivity index (χ4v) is 3.49. The van der Waals surface area contributed by atoms with Crippen molar-refractivity contribution in [2.24, 2.45) is 0 Å². The van der Waals surface area contributed by atoms with Gasteiger partial charge in [-0.05, 0) is 36.4 Å². The third-order valence-corrected chi connectivity index (χ3v) is 5.65. The Hall–Kier alpha value is -2.54. The Labute approximate surface area is 172 Å². The Morgan fingerprint density at radius 3 is 2.57 bits per heavy atom. The highest BCUT2D eigenvalue weighted by Gasteiger charge is 2.13. The molecule has 0 aliphatic carbocycles. The Morgan fingerprint density at radius 1 is 1.18 bits per heavy atom. The van der Waals surface area contributed by atoms with Crippen LogP contribution in [0.4, 0.5) is 11.4 Å². The third-order valence-electron chi connectivity index (χ3n) is 3.43. The second-order valence-electron chi connectivity index (χ2n) is 5.65. The molecule has 0 unspecified atom stereocenters. The van der Waals surface area contributed by atoms with Crippen LogP contribution in [0.3, 0.4) is 0 Å². The third kappa shape index (κ3) is 6.27. The smallest absolute Gasteiger partial charge is 0.255 e. The summed E-state index contributed by atoms with van der Waals surface area (Å²) in [5.41, 5.74) is 0.934. The molecule has 10 heteroatoms. The van der Waals surface area contributed by atoms with Gasteiger partial charge < -0.3 is 10.6 Å². The molecule has 28 heavy (non-hydrogen) atoms. The summed E-state index contributed by atoms with van der Waals surface area (Å²) in [5.74, 6) is -0.428. The van der Waals surface area contributed by atoms with Crippen molar-refractivity contribution in [1.29, 1.82) is 5.26 Å². The molecule has 0 saturated carbocycles. The van der Waals surface area contributed by atoms with Crippen LogP contribution in [0.5, 0.6) is 0 Å². The maximum atomic E-state index is 12.4. The minimum atomic E-state index is -3.43. The van der Waals surface area contributed by atoms with Gasteiger partial charge in [-0.1, -0.05) is 17.7 Å². The highest BCUT2D eigenvalue weighted by Crippen LogP contribution is 2.26. The van der Waals surface area contributed by atoms with E-state index in [4.69, 9.17) is 16.9 Å². The summed E-state index contributed by atoms with van der Waals surface area (Å²) in [5, 5.41) is 13.9. The lowest BCUT2D eigenvalue weighted by Gasteiger charge is -2.10. The molecule has 0 aromatic heterocycles. The molecule has 7 nitrogen and oxygen atoms in total. The number of halogens is 1. The van der Waals surface area contributed by atoms with Crippen molar-refractivity contribution in [2.75, 3.05) is 28.4 Å². The van der Waals surface area contributed by atoms with E-state index in [9.17, 15) is 18.0 Å². The zero-order chi connectivity index (χ0) is 20.7. The molecule has 0 aliphatic rings. The molecular weight excluding hydrogens is 422 g/mol. The molecule has 0 fully saturated rings. The van der Waals surface area contributed by atoms with Crippen molar-refractivity contribution in [3.05, 3.63) is 53.1 Å². The SMILES string of the molecule is CS(=O)(=O)c1cccc(C(=O)Nc2ccc(NC(=O)CSCC#N)cc2Cl)c1. The molecule has 146 valence electrons. The van der Waals surface area contributed by atoms with E-state index in [2.05, 4.69) is 10.6 Å². The van der Waals surface area contributed by atoms with Gasteiger partial charge in [0, 0.05) is 17.5 Å². The first-order valence-corrected chi connectivity index (χ1v) is 11.3. The van der Waals surface area contributed by atoms with E-state index in [0.29, 0.717) is 11.4 Å². The number of nitrogens with one attached hydrogen (secondary N) is 2. The lowest BCUT2D eigenvalue weighted by atomic mass is 10.2. The Morgan fingerprint density at radius 2 is 1.93 bits per heavy atom. The van der Waals surface area contributed by atoms with Crippen LogP contribution < -0.4 is 10.6 Å². The average molecular weight is 438 g/mol. The molecule has 2 N–H and O–H groups in total. The summed E-state index contributed by atoms with van der Waals surface area (Å²) in [4.78, 5) is 24.2. The van der Waals surface area contributed by atoms with E-state index < -0.39 is 15.7 Å². The highest BCUT2D eigenvalue weighted by molar-refractivity contribution is 8.00. The van der Waals surface area contributed by atoms with Crippen LogP contribution in [0, 0.1) is 11.3 Å². The molecule has 2 amide bonds. The molecule has 0 radical (unpaired) electrons. The number of hydrogen-bond acceptors (Lipinski definition) is 6. The number of benzene rings is 2. The predicted molar refractivity (Wildman–Crippen MR) is 111 cm³/mol. The van der Waals surface area contributed by atoms with Crippen LogP contribution in [0.2, 0.25) is 5.02 Å². The van der Waals surface area contributed by atoms with Gasteiger partial charge in [-0.2, -0.15) is 5.26 Å². The van der Waals surface area contributed by atoms with Crippen molar-refractivity contribution < 1.29 is 18.0 Å². The molecule has 0 aliphatic heterocycles. The van der Waals surface area contributed by atoms with E-state index in [1.165, 1.54) is 48.2 Å². The van der Waals surface area contributed by atoms with Crippen LogP contribution in [0.15, 0.2) is 47.4 Å². The van der Waals surface area contributed by atoms with Gasteiger partial charge in [0.05, 0.1) is 33.2 Å². The fraction of sp³-hybridized carbons (Fsp3) is 0.167. The van der Waals surface area contributed by atoms with Crippen LogP contribution in [-0.2, 0) is 14.6 Å². The Kier molecular flexibility index (Phi) is 7.45. The van der Waals surface area contributed by atoms with Gasteiger partial charge in [0.1, 0.15) is 0 Å². The highest BCUT2D eigenvalue weighted by atomic mass is 35.5. The maximum absolute atomic E-state index is 12.4. The minimum Gasteiger partial charge on any atom is -0.325 e. The molecule has 0 spiro atoms. The molecular formula is C18H16ClN3O4S2. The number of anilines is 2. The molecule has 0 bridgehead atoms. The number of nitrogens with zero attached hydrogens (tertiary/aromatic N) is 1. The van der Waals surface area contributed by atoms with Crippen molar-refractivity contribution in [1.82, 2.24) is 0 Å². The summed E-state index contributed by atoms with van der Waals surface area (Å²) < 4.78 is 23.2. The summed E-state index contributed by atoms with van der Waals surface area (Å²) in [6.07, 6.45) is 1.06. The minimum absolute atomic E-state index is 0.0403. The lowest BCUT2D eigenvalue weighted by molar-refractivity contribution is -0.113. The van der Waals surface area contributed by atoms with Gasteiger partial charge in [-0.25, -0.2) is 8.42 Å². The zero-order valence-corrected chi connectivity index (χ0v) is 17.1. The Balaban J connectivity index is 2.08. The van der Waals surface area contributed by atoms with Gasteiger partial charge >= 0.3 is 0 Å². The normalized spacial score (nSPS) is 10.8. The summed E-state index contributed by atoms with van der Waals surface area (Å²) in [6, 6.07) is 12.2. The second kappa shape index (κ2) is 9.59. The summed E-state index contributed by atoms with van der Waals surface area (Å²) >= 11 is 7.36. The van der Waals surface area contributed by atoms with Gasteiger partial charge in [0.2, 0.25) is 5.91 Å². The number of hydrogen-bond donors (Lipinski definition) is 2. The maximum Gasteiger partial charge on any atom is 0.255 e. The van der Waals surface area contributed by atoms with Crippen molar-refractivity contribution in [2.45, 2.75) is 4.90 Å². The molecule has 2 rings (SSSR count). The van der Waals surface area contributed by atoms with Crippen molar-refractivity contribution in [3.63, 3.8) is 0 Å². The first-order valence-electron chi connectivity index (χ1n) is 7.86. The molecule has 0 atom stereocenters. The number of nitriles is 1. The van der Waals surface area contributed by atoms with Crippen LogP contribution in [-0.4, -0.2) is 38.0 Å². The number of carbonyl (C=O) groups excluding carboxylic acids is 2. The van der Waals surface area contributed by atoms with E-state index in [1.54, 1.807) is 6.07 Å². The summed E-state index contributed by atoms with van der Waals surface area (Å²) in [7, 11) is -3.43. The zero-order valence-electron chi connectivity index (χ0n) is 14.7. The van der Waals surface area contributed by atoms with Gasteiger partial charge in [-0.3, -0.25) is 9.59 Å². The van der Waals surface area contributed by atoms with Gasteiger partial charge in [0.15, 0.2) is 9.84 Å². The predicted octanol–water partition coefficient (Wildman–Crippen LogP) is 3.19. The quantitative estimate of drug-likeness (QED) is 0.642. The van der Waals surface area contributed by atoms with Crippen molar-refractivity contribution >= 4 is 56.4 Å². The topological polar surface area (TPSA) is 116 Å². The number of amides is 2. The largest absolute Gasteiger partial charge is 0.325 e. The standard InChI is InChI=1S/C18H16ClN3O4S2/c1-28(25,26)14-4-2-3-12(9-14)18(24)22-16-6-5-13(10-15(16)19)21-17(23)11-27-8-7-20/h2-6,9-10H,8,11H2,1H3,(H,21,23)(H,22,24). The molecule has 2 aromatic carbocycles. The fourth-order valence-electron chi connectivity index (χ4n) is 2.14.